The summed E-state index contributed by atoms with van der Waals surface area (Å²) in [4.78, 5) is 2.36. The summed E-state index contributed by atoms with van der Waals surface area (Å²) in [6, 6.07) is 63.2. The van der Waals surface area contributed by atoms with Crippen molar-refractivity contribution < 1.29 is 4.42 Å². The molecule has 0 bridgehead atoms. The van der Waals surface area contributed by atoms with Gasteiger partial charge in [0.1, 0.15) is 11.2 Å². The highest BCUT2D eigenvalue weighted by atomic mass is 32.1. The zero-order valence-electron chi connectivity index (χ0n) is 26.5. The van der Waals surface area contributed by atoms with Gasteiger partial charge in [-0.1, -0.05) is 121 Å². The zero-order valence-corrected chi connectivity index (χ0v) is 27.3. The number of nitrogens with zero attached hydrogens (tertiary/aromatic N) is 1. The Kier molecular flexibility index (Phi) is 6.39. The fourth-order valence-electron chi connectivity index (χ4n) is 7.29. The van der Waals surface area contributed by atoms with Crippen molar-refractivity contribution in [2.45, 2.75) is 0 Å². The van der Waals surface area contributed by atoms with E-state index in [9.17, 15) is 0 Å². The van der Waals surface area contributed by atoms with E-state index in [4.69, 9.17) is 4.42 Å². The lowest BCUT2D eigenvalue weighted by Gasteiger charge is -2.26. The van der Waals surface area contributed by atoms with Gasteiger partial charge in [-0.25, -0.2) is 0 Å². The molecule has 2 heterocycles. The molecule has 49 heavy (non-hydrogen) atoms. The van der Waals surface area contributed by atoms with Gasteiger partial charge in [-0.15, -0.1) is 11.3 Å². The summed E-state index contributed by atoms with van der Waals surface area (Å²) in [7, 11) is 0. The molecule has 230 valence electrons. The van der Waals surface area contributed by atoms with Crippen molar-refractivity contribution >= 4 is 81.3 Å². The Balaban J connectivity index is 1.13. The second-order valence-electron chi connectivity index (χ2n) is 12.5. The van der Waals surface area contributed by atoms with Gasteiger partial charge >= 0.3 is 0 Å². The second-order valence-corrected chi connectivity index (χ2v) is 13.6. The SMILES string of the molecule is c1ccc(-c2ccc(N(c3ccc(-c4ccc5c(c4)sc4ccccc45)cc3)c3cccc4oc5c6ccccc6ccc5c34)cc2)cc1. The molecule has 2 nitrogen and oxygen atoms in total. The predicted octanol–water partition coefficient (Wildman–Crippen LogP) is 13.9. The number of rotatable bonds is 5. The highest BCUT2D eigenvalue weighted by Crippen LogP contribution is 2.45. The molecule has 8 aromatic carbocycles. The van der Waals surface area contributed by atoms with Crippen LogP contribution >= 0.6 is 11.3 Å². The smallest absolute Gasteiger partial charge is 0.143 e. The molecule has 0 aliphatic rings. The maximum absolute atomic E-state index is 6.61. The second kappa shape index (κ2) is 11.2. The summed E-state index contributed by atoms with van der Waals surface area (Å²) in [5.41, 5.74) is 9.86. The summed E-state index contributed by atoms with van der Waals surface area (Å²) >= 11 is 1.86. The van der Waals surface area contributed by atoms with Gasteiger partial charge in [0, 0.05) is 42.3 Å². The van der Waals surface area contributed by atoms with Crippen molar-refractivity contribution in [1.82, 2.24) is 0 Å². The van der Waals surface area contributed by atoms with E-state index >= 15 is 0 Å². The van der Waals surface area contributed by atoms with Crippen LogP contribution in [0.4, 0.5) is 17.1 Å². The maximum Gasteiger partial charge on any atom is 0.143 e. The zero-order chi connectivity index (χ0) is 32.3. The van der Waals surface area contributed by atoms with Gasteiger partial charge in [0.25, 0.3) is 0 Å². The molecule has 0 amide bonds. The van der Waals surface area contributed by atoms with Gasteiger partial charge in [0.05, 0.1) is 11.1 Å². The van der Waals surface area contributed by atoms with Gasteiger partial charge in [-0.05, 0) is 82.2 Å². The number of hydrogen-bond donors (Lipinski definition) is 0. The summed E-state index contributed by atoms with van der Waals surface area (Å²) in [6.45, 7) is 0. The quantitative estimate of drug-likeness (QED) is 0.186. The van der Waals surface area contributed by atoms with Crippen molar-refractivity contribution in [3.05, 3.63) is 176 Å². The lowest BCUT2D eigenvalue weighted by molar-refractivity contribution is 0.672. The van der Waals surface area contributed by atoms with Crippen LogP contribution in [0.1, 0.15) is 0 Å². The van der Waals surface area contributed by atoms with Crippen LogP contribution in [-0.4, -0.2) is 0 Å². The molecule has 10 aromatic rings. The first-order valence-corrected chi connectivity index (χ1v) is 17.4. The van der Waals surface area contributed by atoms with E-state index in [-0.39, 0.29) is 0 Å². The first-order chi connectivity index (χ1) is 24.3. The van der Waals surface area contributed by atoms with Gasteiger partial charge in [0.15, 0.2) is 0 Å². The Labute approximate surface area is 287 Å². The minimum Gasteiger partial charge on any atom is -0.455 e. The van der Waals surface area contributed by atoms with Crippen LogP contribution in [0.2, 0.25) is 0 Å². The minimum atomic E-state index is 0.878. The minimum absolute atomic E-state index is 0.878. The van der Waals surface area contributed by atoms with Crippen LogP contribution in [0, 0.1) is 0 Å². The van der Waals surface area contributed by atoms with E-state index in [2.05, 4.69) is 181 Å². The van der Waals surface area contributed by atoms with E-state index in [0.29, 0.717) is 0 Å². The Hall–Kier alpha value is -6.16. The van der Waals surface area contributed by atoms with E-state index in [1.165, 1.54) is 47.8 Å². The van der Waals surface area contributed by atoms with Crippen molar-refractivity contribution in [1.29, 1.82) is 0 Å². The Morgan fingerprint density at radius 3 is 1.82 bits per heavy atom. The van der Waals surface area contributed by atoms with E-state index in [1.54, 1.807) is 0 Å². The fourth-order valence-corrected chi connectivity index (χ4v) is 8.44. The van der Waals surface area contributed by atoms with E-state index < -0.39 is 0 Å². The normalized spacial score (nSPS) is 11.7. The van der Waals surface area contributed by atoms with Gasteiger partial charge in [-0.3, -0.25) is 0 Å². The first kappa shape index (κ1) is 27.9. The molecule has 10 rings (SSSR count). The molecular weight excluding hydrogens is 615 g/mol. The third-order valence-electron chi connectivity index (χ3n) is 9.68. The highest BCUT2D eigenvalue weighted by molar-refractivity contribution is 7.25. The largest absolute Gasteiger partial charge is 0.455 e. The topological polar surface area (TPSA) is 16.4 Å². The average Bonchev–Trinajstić information content (AvgIpc) is 3.75. The summed E-state index contributed by atoms with van der Waals surface area (Å²) in [6.07, 6.45) is 0. The summed E-state index contributed by atoms with van der Waals surface area (Å²) < 4.78 is 9.25. The molecule has 0 fully saturated rings. The van der Waals surface area contributed by atoms with Crippen molar-refractivity contribution in [3.8, 4) is 22.3 Å². The van der Waals surface area contributed by atoms with Gasteiger partial charge in [0.2, 0.25) is 0 Å². The molecule has 3 heteroatoms. The lowest BCUT2D eigenvalue weighted by Crippen LogP contribution is -2.10. The van der Waals surface area contributed by atoms with Crippen LogP contribution in [-0.2, 0) is 0 Å². The third-order valence-corrected chi connectivity index (χ3v) is 10.8. The number of hydrogen-bond acceptors (Lipinski definition) is 3. The van der Waals surface area contributed by atoms with Gasteiger partial charge < -0.3 is 9.32 Å². The number of benzene rings is 8. The molecule has 0 spiro atoms. The van der Waals surface area contributed by atoms with Crippen LogP contribution < -0.4 is 4.90 Å². The van der Waals surface area contributed by atoms with Crippen LogP contribution in [0.3, 0.4) is 0 Å². The summed E-state index contributed by atoms with van der Waals surface area (Å²) in [5.74, 6) is 0. The highest BCUT2D eigenvalue weighted by Gasteiger charge is 2.20. The predicted molar refractivity (Wildman–Crippen MR) is 210 cm³/mol. The third kappa shape index (κ3) is 4.62. The van der Waals surface area contributed by atoms with Crippen LogP contribution in [0.15, 0.2) is 180 Å². The van der Waals surface area contributed by atoms with Crippen molar-refractivity contribution in [2.75, 3.05) is 4.90 Å². The average molecular weight is 644 g/mol. The molecule has 0 atom stereocenters. The Bertz CT molecular complexity index is 2810. The molecule has 0 unspecified atom stereocenters. The maximum atomic E-state index is 6.61. The first-order valence-electron chi connectivity index (χ1n) is 16.6. The Morgan fingerprint density at radius 2 is 1.02 bits per heavy atom. The molecule has 0 aliphatic carbocycles. The molecule has 0 aliphatic heterocycles. The fraction of sp³-hybridized carbons (Fsp3) is 0. The van der Waals surface area contributed by atoms with Crippen LogP contribution in [0.25, 0.3) is 75.1 Å². The molecule has 0 N–H and O–H groups in total. The van der Waals surface area contributed by atoms with Crippen molar-refractivity contribution in [3.63, 3.8) is 0 Å². The van der Waals surface area contributed by atoms with Crippen LogP contribution in [0.5, 0.6) is 0 Å². The summed E-state index contributed by atoms with van der Waals surface area (Å²) in [5, 5.41) is 7.17. The number of fused-ring (bicyclic) bond motifs is 8. The molecule has 2 aromatic heterocycles. The molecule has 0 saturated carbocycles. The van der Waals surface area contributed by atoms with E-state index in [0.717, 1.165) is 44.4 Å². The number of furan rings is 1. The van der Waals surface area contributed by atoms with Gasteiger partial charge in [-0.2, -0.15) is 0 Å². The number of thiophene rings is 1. The number of anilines is 3. The van der Waals surface area contributed by atoms with Crippen molar-refractivity contribution in [2.24, 2.45) is 0 Å². The lowest BCUT2D eigenvalue weighted by atomic mass is 10.0. The monoisotopic (exact) mass is 643 g/mol. The van der Waals surface area contributed by atoms with E-state index in [1.807, 2.05) is 11.3 Å². The molecule has 0 radical (unpaired) electrons. The standard InChI is InChI=1S/C46H29NOS/c1-2-9-30(10-3-1)31-17-23-35(24-18-31)47(41-14-8-15-42-45(41)40-28-21-33-11-4-5-12-37(33)46(40)48-42)36-25-19-32(20-26-36)34-22-27-39-38-13-6-7-16-43(38)49-44(39)29-34/h1-29H. The Morgan fingerprint density at radius 1 is 0.408 bits per heavy atom. The molecule has 0 saturated heterocycles. The molecular formula is C46H29NOS.